The second kappa shape index (κ2) is 6.95. The average molecular weight is 308 g/mol. The number of hydrogen-bond donors (Lipinski definition) is 2. The Hall–Kier alpha value is -1.53. The predicted octanol–water partition coefficient (Wildman–Crippen LogP) is 1.92. The van der Waals surface area contributed by atoms with Gasteiger partial charge in [0.2, 0.25) is 5.91 Å². The molecule has 1 aliphatic heterocycles. The van der Waals surface area contributed by atoms with Gasteiger partial charge in [0.15, 0.2) is 0 Å². The normalized spacial score (nSPS) is 18.4. The van der Waals surface area contributed by atoms with Crippen LogP contribution in [0.2, 0.25) is 0 Å². The minimum absolute atomic E-state index is 0.145. The van der Waals surface area contributed by atoms with Gasteiger partial charge < -0.3 is 15.4 Å². The van der Waals surface area contributed by atoms with E-state index in [1.807, 2.05) is 44.2 Å². The Morgan fingerprint density at radius 2 is 2.14 bits per heavy atom. The van der Waals surface area contributed by atoms with Crippen molar-refractivity contribution in [1.29, 1.82) is 0 Å². The molecule has 1 aromatic rings. The maximum Gasteiger partial charge on any atom is 0.279 e. The standard InChI is InChI=1S/C15H20N2O3S/c1-15(2,10-20-8-11-6-4-3-5-7-11)17-13(18)12-9-21-14(19)16-12/h3-7,12H,8-10H2,1-2H3,(H,16,19)(H,17,18). The highest BCUT2D eigenvalue weighted by Gasteiger charge is 2.31. The lowest BCUT2D eigenvalue weighted by Gasteiger charge is -2.27. The zero-order chi connectivity index (χ0) is 15.3. The van der Waals surface area contributed by atoms with Crippen LogP contribution in [0.1, 0.15) is 19.4 Å². The lowest BCUT2D eigenvalue weighted by molar-refractivity contribution is -0.124. The van der Waals surface area contributed by atoms with Crippen LogP contribution in [-0.2, 0) is 16.1 Å². The Balaban J connectivity index is 1.76. The fourth-order valence-electron chi connectivity index (χ4n) is 1.98. The molecular formula is C15H20N2O3S. The van der Waals surface area contributed by atoms with Gasteiger partial charge >= 0.3 is 0 Å². The van der Waals surface area contributed by atoms with Gasteiger partial charge in [0, 0.05) is 5.75 Å². The second-order valence-corrected chi connectivity index (χ2v) is 6.64. The first kappa shape index (κ1) is 15.9. The third kappa shape index (κ3) is 5.06. The number of nitrogens with one attached hydrogen (secondary N) is 2. The summed E-state index contributed by atoms with van der Waals surface area (Å²) >= 11 is 1.13. The Morgan fingerprint density at radius 1 is 1.43 bits per heavy atom. The number of carbonyl (C=O) groups is 2. The van der Waals surface area contributed by atoms with Gasteiger partial charge in [0.1, 0.15) is 6.04 Å². The van der Waals surface area contributed by atoms with E-state index in [0.717, 1.165) is 17.3 Å². The van der Waals surface area contributed by atoms with Crippen molar-refractivity contribution in [1.82, 2.24) is 10.6 Å². The first-order valence-electron chi connectivity index (χ1n) is 6.83. The van der Waals surface area contributed by atoms with E-state index in [1.165, 1.54) is 0 Å². The van der Waals surface area contributed by atoms with E-state index in [9.17, 15) is 9.59 Å². The van der Waals surface area contributed by atoms with Crippen LogP contribution in [0.5, 0.6) is 0 Å². The Labute approximate surface area is 128 Å². The van der Waals surface area contributed by atoms with Crippen molar-refractivity contribution in [2.75, 3.05) is 12.4 Å². The number of hydrogen-bond acceptors (Lipinski definition) is 4. The van der Waals surface area contributed by atoms with E-state index >= 15 is 0 Å². The molecule has 0 spiro atoms. The molecule has 2 amide bonds. The van der Waals surface area contributed by atoms with Crippen molar-refractivity contribution in [3.8, 4) is 0 Å². The molecule has 0 saturated carbocycles. The molecule has 0 aromatic heterocycles. The first-order valence-corrected chi connectivity index (χ1v) is 7.82. The van der Waals surface area contributed by atoms with Crippen molar-refractivity contribution in [2.45, 2.75) is 32.0 Å². The average Bonchev–Trinajstić information content (AvgIpc) is 2.86. The zero-order valence-electron chi connectivity index (χ0n) is 12.2. The lowest BCUT2D eigenvalue weighted by Crippen LogP contribution is -2.53. The predicted molar refractivity (Wildman–Crippen MR) is 83.1 cm³/mol. The van der Waals surface area contributed by atoms with Gasteiger partial charge in [-0.05, 0) is 19.4 Å². The number of benzene rings is 1. The summed E-state index contributed by atoms with van der Waals surface area (Å²) in [6.07, 6.45) is 0. The molecule has 1 unspecified atom stereocenters. The van der Waals surface area contributed by atoms with Crippen molar-refractivity contribution >= 4 is 22.9 Å². The summed E-state index contributed by atoms with van der Waals surface area (Å²) in [7, 11) is 0. The Bertz CT molecular complexity index is 505. The molecule has 1 aromatic carbocycles. The fourth-order valence-corrected chi connectivity index (χ4v) is 2.76. The van der Waals surface area contributed by atoms with Crippen LogP contribution in [0.3, 0.4) is 0 Å². The van der Waals surface area contributed by atoms with Crippen LogP contribution < -0.4 is 10.6 Å². The summed E-state index contributed by atoms with van der Waals surface area (Å²) in [5.74, 6) is 0.313. The molecule has 1 aliphatic rings. The summed E-state index contributed by atoms with van der Waals surface area (Å²) in [6.45, 7) is 4.72. The van der Waals surface area contributed by atoms with Crippen LogP contribution in [0.25, 0.3) is 0 Å². The van der Waals surface area contributed by atoms with Crippen molar-refractivity contribution in [2.24, 2.45) is 0 Å². The Kier molecular flexibility index (Phi) is 5.25. The molecule has 1 saturated heterocycles. The molecule has 0 bridgehead atoms. The summed E-state index contributed by atoms with van der Waals surface area (Å²) < 4.78 is 5.66. The van der Waals surface area contributed by atoms with Crippen molar-refractivity contribution in [3.05, 3.63) is 35.9 Å². The number of amides is 2. The highest BCUT2D eigenvalue weighted by molar-refractivity contribution is 8.14. The van der Waals surface area contributed by atoms with E-state index < -0.39 is 11.6 Å². The molecule has 2 N–H and O–H groups in total. The Morgan fingerprint density at radius 3 is 2.76 bits per heavy atom. The highest BCUT2D eigenvalue weighted by Crippen LogP contribution is 2.14. The van der Waals surface area contributed by atoms with Gasteiger partial charge in [-0.1, -0.05) is 42.1 Å². The van der Waals surface area contributed by atoms with Crippen LogP contribution in [0.4, 0.5) is 4.79 Å². The van der Waals surface area contributed by atoms with Crippen LogP contribution >= 0.6 is 11.8 Å². The maximum atomic E-state index is 12.0. The van der Waals surface area contributed by atoms with E-state index in [4.69, 9.17) is 4.74 Å². The molecule has 1 heterocycles. The van der Waals surface area contributed by atoms with Gasteiger partial charge in [0.05, 0.1) is 18.8 Å². The molecule has 2 rings (SSSR count). The quantitative estimate of drug-likeness (QED) is 0.842. The van der Waals surface area contributed by atoms with Gasteiger partial charge in [-0.15, -0.1) is 0 Å². The molecule has 1 fully saturated rings. The SMILES string of the molecule is CC(C)(COCc1ccccc1)NC(=O)C1CSC(=O)N1. The largest absolute Gasteiger partial charge is 0.374 e. The number of carbonyl (C=O) groups excluding carboxylic acids is 2. The monoisotopic (exact) mass is 308 g/mol. The zero-order valence-corrected chi connectivity index (χ0v) is 13.0. The summed E-state index contributed by atoms with van der Waals surface area (Å²) in [5.41, 5.74) is 0.614. The first-order chi connectivity index (χ1) is 9.96. The minimum atomic E-state index is -0.482. The second-order valence-electron chi connectivity index (χ2n) is 5.65. The molecule has 0 aliphatic carbocycles. The van der Waals surface area contributed by atoms with Crippen molar-refractivity contribution < 1.29 is 14.3 Å². The number of rotatable bonds is 6. The third-order valence-electron chi connectivity index (χ3n) is 3.03. The van der Waals surface area contributed by atoms with Crippen LogP contribution in [0.15, 0.2) is 30.3 Å². The smallest absolute Gasteiger partial charge is 0.279 e. The summed E-state index contributed by atoms with van der Waals surface area (Å²) in [6, 6.07) is 9.43. The van der Waals surface area contributed by atoms with E-state index in [1.54, 1.807) is 0 Å². The molecule has 21 heavy (non-hydrogen) atoms. The lowest BCUT2D eigenvalue weighted by atomic mass is 10.1. The van der Waals surface area contributed by atoms with Gasteiger partial charge in [-0.2, -0.15) is 0 Å². The summed E-state index contributed by atoms with van der Waals surface area (Å²) in [5, 5.41) is 5.40. The maximum absolute atomic E-state index is 12.0. The van der Waals surface area contributed by atoms with E-state index in [2.05, 4.69) is 10.6 Å². The molecule has 0 radical (unpaired) electrons. The molecule has 5 nitrogen and oxygen atoms in total. The molecule has 6 heteroatoms. The highest BCUT2D eigenvalue weighted by atomic mass is 32.2. The minimum Gasteiger partial charge on any atom is -0.374 e. The molecule has 114 valence electrons. The van der Waals surface area contributed by atoms with E-state index in [0.29, 0.717) is 19.0 Å². The fraction of sp³-hybridized carbons (Fsp3) is 0.467. The van der Waals surface area contributed by atoms with Crippen LogP contribution in [-0.4, -0.2) is 35.1 Å². The number of thioether (sulfide) groups is 1. The van der Waals surface area contributed by atoms with Gasteiger partial charge in [-0.3, -0.25) is 9.59 Å². The van der Waals surface area contributed by atoms with Gasteiger partial charge in [-0.25, -0.2) is 0 Å². The van der Waals surface area contributed by atoms with Crippen molar-refractivity contribution in [3.63, 3.8) is 0 Å². The van der Waals surface area contributed by atoms with E-state index in [-0.39, 0.29) is 11.1 Å². The van der Waals surface area contributed by atoms with Crippen LogP contribution in [0, 0.1) is 0 Å². The van der Waals surface area contributed by atoms with Gasteiger partial charge in [0.25, 0.3) is 5.24 Å². The molecule has 1 atom stereocenters. The third-order valence-corrected chi connectivity index (χ3v) is 3.91. The number of ether oxygens (including phenoxy) is 1. The topological polar surface area (TPSA) is 67.4 Å². The summed E-state index contributed by atoms with van der Waals surface area (Å²) in [4.78, 5) is 23.1. The molecular weight excluding hydrogens is 288 g/mol.